The van der Waals surface area contributed by atoms with Crippen LogP contribution < -0.4 is 4.74 Å². The van der Waals surface area contributed by atoms with Gasteiger partial charge in [0, 0.05) is 30.6 Å². The van der Waals surface area contributed by atoms with E-state index in [2.05, 4.69) is 28.5 Å². The average Bonchev–Trinajstić information content (AvgIpc) is 3.53. The topological polar surface area (TPSA) is 60.2 Å². The Morgan fingerprint density at radius 1 is 1.06 bits per heavy atom. The minimum Gasteiger partial charge on any atom is -0.496 e. The van der Waals surface area contributed by atoms with Gasteiger partial charge in [-0.1, -0.05) is 65.9 Å². The van der Waals surface area contributed by atoms with Gasteiger partial charge >= 0.3 is 0 Å². The van der Waals surface area contributed by atoms with E-state index in [0.717, 1.165) is 46.3 Å². The molecule has 5 rings (SSSR count). The predicted molar refractivity (Wildman–Crippen MR) is 125 cm³/mol. The number of fused-ring (bicyclic) bond motifs is 1. The van der Waals surface area contributed by atoms with Crippen LogP contribution in [0, 0.1) is 0 Å². The number of hydrogen-bond donors (Lipinski definition) is 0. The molecular formula is C26H26N4O2. The first-order valence-corrected chi connectivity index (χ1v) is 11.0. The fraction of sp³-hybridized carbons (Fsp3) is 0.269. The summed E-state index contributed by atoms with van der Waals surface area (Å²) >= 11 is 0. The van der Waals surface area contributed by atoms with Crippen LogP contribution in [0.25, 0.3) is 22.0 Å². The Bertz CT molecular complexity index is 1240. The number of aryl methyl sites for hydroxylation is 1. The maximum atomic E-state index is 13.0. The lowest BCUT2D eigenvalue weighted by atomic mass is 9.99. The van der Waals surface area contributed by atoms with Crippen molar-refractivity contribution in [3.63, 3.8) is 0 Å². The minimum absolute atomic E-state index is 0.163. The van der Waals surface area contributed by atoms with Gasteiger partial charge in [0.25, 0.3) is 0 Å². The minimum atomic E-state index is 0.163. The van der Waals surface area contributed by atoms with E-state index in [0.29, 0.717) is 19.4 Å². The summed E-state index contributed by atoms with van der Waals surface area (Å²) < 4.78 is 7.49. The Kier molecular flexibility index (Phi) is 5.58. The average molecular weight is 427 g/mol. The van der Waals surface area contributed by atoms with Crippen LogP contribution in [0.4, 0.5) is 0 Å². The molecule has 2 heterocycles. The van der Waals surface area contributed by atoms with Gasteiger partial charge in [0.15, 0.2) is 0 Å². The molecule has 3 aromatic carbocycles. The molecule has 1 aromatic heterocycles. The highest BCUT2D eigenvalue weighted by atomic mass is 16.5. The van der Waals surface area contributed by atoms with Crippen molar-refractivity contribution in [3.05, 3.63) is 78.5 Å². The predicted octanol–water partition coefficient (Wildman–Crippen LogP) is 4.51. The Hall–Kier alpha value is -3.67. The maximum absolute atomic E-state index is 13.0. The summed E-state index contributed by atoms with van der Waals surface area (Å²) in [7, 11) is 1.68. The molecule has 1 unspecified atom stereocenters. The van der Waals surface area contributed by atoms with Crippen LogP contribution in [-0.4, -0.2) is 46.0 Å². The number of methoxy groups -OCH3 is 1. The van der Waals surface area contributed by atoms with E-state index in [1.807, 2.05) is 64.3 Å². The highest BCUT2D eigenvalue weighted by Gasteiger charge is 2.28. The van der Waals surface area contributed by atoms with Gasteiger partial charge in [0.05, 0.1) is 19.3 Å². The molecule has 162 valence electrons. The summed E-state index contributed by atoms with van der Waals surface area (Å²) in [4.78, 5) is 14.9. The summed E-state index contributed by atoms with van der Waals surface area (Å²) in [5.41, 5.74) is 3.01. The van der Waals surface area contributed by atoms with Gasteiger partial charge in [-0.3, -0.25) is 4.79 Å². The molecule has 0 aliphatic carbocycles. The number of hydrogen-bond acceptors (Lipinski definition) is 4. The number of ether oxygens (including phenoxy) is 1. The van der Waals surface area contributed by atoms with E-state index < -0.39 is 0 Å². The smallest absolute Gasteiger partial charge is 0.222 e. The first-order chi connectivity index (χ1) is 15.7. The van der Waals surface area contributed by atoms with E-state index in [1.54, 1.807) is 7.11 Å². The van der Waals surface area contributed by atoms with Gasteiger partial charge < -0.3 is 9.64 Å². The monoisotopic (exact) mass is 426 g/mol. The first-order valence-electron chi connectivity index (χ1n) is 11.0. The second kappa shape index (κ2) is 8.83. The molecule has 1 aliphatic heterocycles. The number of likely N-dealkylation sites (tertiary alicyclic amines) is 1. The highest BCUT2D eigenvalue weighted by molar-refractivity contribution is 5.88. The van der Waals surface area contributed by atoms with E-state index in [4.69, 9.17) is 4.74 Å². The van der Waals surface area contributed by atoms with Gasteiger partial charge in [0.1, 0.15) is 11.4 Å². The number of carbonyl (C=O) groups is 1. The lowest BCUT2D eigenvalue weighted by Gasteiger charge is -2.18. The van der Waals surface area contributed by atoms with Crippen molar-refractivity contribution in [2.24, 2.45) is 0 Å². The number of amides is 1. The van der Waals surface area contributed by atoms with Gasteiger partial charge in [-0.25, -0.2) is 4.68 Å². The summed E-state index contributed by atoms with van der Waals surface area (Å²) in [5, 5.41) is 11.0. The Morgan fingerprint density at radius 3 is 2.72 bits per heavy atom. The summed E-state index contributed by atoms with van der Waals surface area (Å²) in [6, 6.07) is 22.5. The van der Waals surface area contributed by atoms with E-state index in [1.165, 1.54) is 0 Å². The molecule has 6 heteroatoms. The summed E-state index contributed by atoms with van der Waals surface area (Å²) in [6.07, 6.45) is 3.99. The Labute approximate surface area is 187 Å². The highest BCUT2D eigenvalue weighted by Crippen LogP contribution is 2.30. The molecular weight excluding hydrogens is 400 g/mol. The quantitative estimate of drug-likeness (QED) is 0.455. The zero-order chi connectivity index (χ0) is 21.9. The summed E-state index contributed by atoms with van der Waals surface area (Å²) in [6.45, 7) is 1.42. The number of nitrogens with zero attached hydrogens (tertiary/aromatic N) is 4. The molecule has 4 aromatic rings. The third kappa shape index (κ3) is 3.96. The molecule has 1 amide bonds. The lowest BCUT2D eigenvalue weighted by molar-refractivity contribution is -0.130. The van der Waals surface area contributed by atoms with E-state index in [-0.39, 0.29) is 11.9 Å². The molecule has 0 spiro atoms. The van der Waals surface area contributed by atoms with Crippen molar-refractivity contribution in [1.29, 1.82) is 0 Å². The summed E-state index contributed by atoms with van der Waals surface area (Å²) in [5.74, 6) is 1.01. The van der Waals surface area contributed by atoms with Crippen LogP contribution in [0.5, 0.6) is 5.75 Å². The van der Waals surface area contributed by atoms with Crippen molar-refractivity contribution in [1.82, 2.24) is 19.9 Å². The molecule has 32 heavy (non-hydrogen) atoms. The SMILES string of the molecule is COc1ccc2ccccc2c1CCC(=O)N1CCC(n2cc(-c3ccccc3)nn2)C1. The van der Waals surface area contributed by atoms with Crippen LogP contribution >= 0.6 is 0 Å². The molecule has 1 aliphatic rings. The number of carbonyl (C=O) groups excluding carboxylic acids is 1. The molecule has 1 saturated heterocycles. The molecule has 1 atom stereocenters. The maximum Gasteiger partial charge on any atom is 0.222 e. The second-order valence-electron chi connectivity index (χ2n) is 8.20. The Balaban J connectivity index is 1.25. The zero-order valence-corrected chi connectivity index (χ0v) is 18.1. The molecule has 0 saturated carbocycles. The molecule has 0 bridgehead atoms. The number of rotatable bonds is 6. The van der Waals surface area contributed by atoms with Crippen LogP contribution in [0.3, 0.4) is 0 Å². The van der Waals surface area contributed by atoms with Crippen LogP contribution in [0.1, 0.15) is 24.4 Å². The van der Waals surface area contributed by atoms with Crippen LogP contribution in [0.2, 0.25) is 0 Å². The third-order valence-corrected chi connectivity index (χ3v) is 6.28. The van der Waals surface area contributed by atoms with Crippen molar-refractivity contribution in [2.75, 3.05) is 20.2 Å². The normalized spacial score (nSPS) is 15.9. The van der Waals surface area contributed by atoms with Crippen molar-refractivity contribution < 1.29 is 9.53 Å². The van der Waals surface area contributed by atoms with Crippen molar-refractivity contribution >= 4 is 16.7 Å². The number of benzene rings is 3. The fourth-order valence-electron chi connectivity index (χ4n) is 4.54. The molecule has 0 radical (unpaired) electrons. The first kappa shape index (κ1) is 20.2. The fourth-order valence-corrected chi connectivity index (χ4v) is 4.54. The Morgan fingerprint density at radius 2 is 1.88 bits per heavy atom. The van der Waals surface area contributed by atoms with Gasteiger partial charge in [-0.05, 0) is 29.7 Å². The largest absolute Gasteiger partial charge is 0.496 e. The molecule has 6 nitrogen and oxygen atoms in total. The van der Waals surface area contributed by atoms with Crippen LogP contribution in [0.15, 0.2) is 72.9 Å². The van der Waals surface area contributed by atoms with Gasteiger partial charge in [-0.15, -0.1) is 5.10 Å². The van der Waals surface area contributed by atoms with Crippen molar-refractivity contribution in [3.8, 4) is 17.0 Å². The number of aromatic nitrogens is 3. The van der Waals surface area contributed by atoms with E-state index in [9.17, 15) is 4.79 Å². The lowest BCUT2D eigenvalue weighted by Crippen LogP contribution is -2.29. The van der Waals surface area contributed by atoms with Crippen LogP contribution in [-0.2, 0) is 11.2 Å². The van der Waals surface area contributed by atoms with E-state index >= 15 is 0 Å². The van der Waals surface area contributed by atoms with Crippen molar-refractivity contribution in [2.45, 2.75) is 25.3 Å². The van der Waals surface area contributed by atoms with Gasteiger partial charge in [0.2, 0.25) is 5.91 Å². The second-order valence-corrected chi connectivity index (χ2v) is 8.20. The zero-order valence-electron chi connectivity index (χ0n) is 18.1. The van der Waals surface area contributed by atoms with Gasteiger partial charge in [-0.2, -0.15) is 0 Å². The molecule has 0 N–H and O–H groups in total. The molecule has 1 fully saturated rings. The standard InChI is InChI=1S/C26H26N4O2/c1-32-25-13-11-19-7-5-6-10-22(19)23(25)12-14-26(31)29-16-15-21(17-29)30-18-24(27-28-30)20-8-3-2-4-9-20/h2-11,13,18,21H,12,14-17H2,1H3. The third-order valence-electron chi connectivity index (χ3n) is 6.28.